The van der Waals surface area contributed by atoms with Crippen LogP contribution in [0.1, 0.15) is 52.9 Å². The molecule has 2 fully saturated rings. The van der Waals surface area contributed by atoms with Crippen molar-refractivity contribution in [3.8, 4) is 0 Å². The van der Waals surface area contributed by atoms with Crippen LogP contribution in [0.25, 0.3) is 0 Å². The molecule has 5 atom stereocenters. The van der Waals surface area contributed by atoms with Crippen LogP contribution in [0.5, 0.6) is 0 Å². The van der Waals surface area contributed by atoms with E-state index in [0.29, 0.717) is 0 Å². The maximum absolute atomic E-state index is 2.49. The van der Waals surface area contributed by atoms with E-state index in [0.717, 1.165) is 29.6 Å². The summed E-state index contributed by atoms with van der Waals surface area (Å²) in [6.45, 7) is 7.10. The summed E-state index contributed by atoms with van der Waals surface area (Å²) in [5, 5.41) is 0. The van der Waals surface area contributed by atoms with Gasteiger partial charge in [0.05, 0.1) is 0 Å². The molecule has 0 radical (unpaired) electrons. The predicted molar refractivity (Wildman–Crippen MR) is 66.7 cm³/mol. The Morgan fingerprint density at radius 2 is 1.93 bits per heavy atom. The molecule has 0 N–H and O–H groups in total. The van der Waals surface area contributed by atoms with E-state index in [2.05, 4.69) is 32.9 Å². The number of unbranched alkanes of at least 4 members (excludes halogenated alkanes) is 1. The fraction of sp³-hybridized carbons (Fsp3) is 0.867. The van der Waals surface area contributed by atoms with Gasteiger partial charge >= 0.3 is 0 Å². The van der Waals surface area contributed by atoms with Crippen LogP contribution in [0, 0.1) is 29.6 Å². The standard InChI is InChI=1S/C15H26/c1-4-5-6-7-8-13-9-14-10-15(13)12(3)11(14)2/h4-5,11-15H,6-10H2,1-3H3/b5-4+. The average Bonchev–Trinajstić information content (AvgIpc) is 2.75. The zero-order valence-corrected chi connectivity index (χ0v) is 10.6. The summed E-state index contributed by atoms with van der Waals surface area (Å²) in [6, 6.07) is 0. The molecule has 15 heavy (non-hydrogen) atoms. The van der Waals surface area contributed by atoms with Crippen LogP contribution in [-0.4, -0.2) is 0 Å². The predicted octanol–water partition coefficient (Wildman–Crippen LogP) is 4.66. The third-order valence-electron chi connectivity index (χ3n) is 5.22. The molecule has 0 aromatic rings. The molecule has 2 aliphatic carbocycles. The molecule has 0 amide bonds. The highest BCUT2D eigenvalue weighted by molar-refractivity contribution is 4.97. The molecule has 5 unspecified atom stereocenters. The highest BCUT2D eigenvalue weighted by atomic mass is 14.5. The maximum atomic E-state index is 2.49. The Balaban J connectivity index is 1.77. The first-order valence-electron chi connectivity index (χ1n) is 6.85. The second-order valence-electron chi connectivity index (χ2n) is 5.87. The molecule has 0 saturated heterocycles. The van der Waals surface area contributed by atoms with E-state index in [1.807, 2.05) is 0 Å². The van der Waals surface area contributed by atoms with Gasteiger partial charge in [-0.3, -0.25) is 0 Å². The van der Waals surface area contributed by atoms with Crippen molar-refractivity contribution in [3.63, 3.8) is 0 Å². The second-order valence-corrected chi connectivity index (χ2v) is 5.87. The minimum absolute atomic E-state index is 1.01. The molecular formula is C15H26. The number of hydrogen-bond acceptors (Lipinski definition) is 0. The average molecular weight is 206 g/mol. The summed E-state index contributed by atoms with van der Waals surface area (Å²) in [5.74, 6) is 5.26. The molecule has 86 valence electrons. The quantitative estimate of drug-likeness (QED) is 0.463. The first-order valence-corrected chi connectivity index (χ1v) is 6.85. The van der Waals surface area contributed by atoms with E-state index in [1.54, 1.807) is 12.8 Å². The van der Waals surface area contributed by atoms with Gasteiger partial charge in [-0.2, -0.15) is 0 Å². The summed E-state index contributed by atoms with van der Waals surface area (Å²) < 4.78 is 0. The van der Waals surface area contributed by atoms with Crippen LogP contribution in [0.15, 0.2) is 12.2 Å². The summed E-state index contributed by atoms with van der Waals surface area (Å²) in [5.41, 5.74) is 0. The van der Waals surface area contributed by atoms with E-state index in [-0.39, 0.29) is 0 Å². The zero-order chi connectivity index (χ0) is 10.8. The normalized spacial score (nSPS) is 44.3. The SMILES string of the molecule is C/C=C/CCCC1CC2CC1C(C)C2C. The summed E-state index contributed by atoms with van der Waals surface area (Å²) in [7, 11) is 0. The zero-order valence-electron chi connectivity index (χ0n) is 10.6. The van der Waals surface area contributed by atoms with E-state index in [4.69, 9.17) is 0 Å². The number of hydrogen-bond donors (Lipinski definition) is 0. The largest absolute Gasteiger partial charge is 0.0917 e. The van der Waals surface area contributed by atoms with Gasteiger partial charge in [0, 0.05) is 0 Å². The Bertz CT molecular complexity index is 226. The van der Waals surface area contributed by atoms with E-state index in [9.17, 15) is 0 Å². The Labute approximate surface area is 95.1 Å². The topological polar surface area (TPSA) is 0 Å². The number of rotatable bonds is 4. The van der Waals surface area contributed by atoms with Crippen molar-refractivity contribution >= 4 is 0 Å². The highest BCUT2D eigenvalue weighted by Gasteiger charge is 2.47. The fourth-order valence-electron chi connectivity index (χ4n) is 4.09. The number of allylic oxidation sites excluding steroid dienone is 2. The van der Waals surface area contributed by atoms with Gasteiger partial charge in [-0.15, -0.1) is 0 Å². The molecular weight excluding hydrogens is 180 g/mol. The van der Waals surface area contributed by atoms with Gasteiger partial charge in [0.1, 0.15) is 0 Å². The lowest BCUT2D eigenvalue weighted by Gasteiger charge is -2.31. The van der Waals surface area contributed by atoms with Crippen molar-refractivity contribution in [1.82, 2.24) is 0 Å². The van der Waals surface area contributed by atoms with Crippen LogP contribution in [0.3, 0.4) is 0 Å². The fourth-order valence-corrected chi connectivity index (χ4v) is 4.09. The Hall–Kier alpha value is -0.260. The first kappa shape index (κ1) is 11.2. The van der Waals surface area contributed by atoms with Crippen LogP contribution < -0.4 is 0 Å². The van der Waals surface area contributed by atoms with E-state index in [1.165, 1.54) is 19.3 Å². The van der Waals surface area contributed by atoms with Gasteiger partial charge < -0.3 is 0 Å². The Morgan fingerprint density at radius 1 is 1.13 bits per heavy atom. The molecule has 0 aromatic heterocycles. The summed E-state index contributed by atoms with van der Waals surface area (Å²) >= 11 is 0. The van der Waals surface area contributed by atoms with Crippen molar-refractivity contribution in [2.45, 2.75) is 52.9 Å². The van der Waals surface area contributed by atoms with Gasteiger partial charge in [0.25, 0.3) is 0 Å². The van der Waals surface area contributed by atoms with Crippen molar-refractivity contribution in [1.29, 1.82) is 0 Å². The molecule has 2 bridgehead atoms. The summed E-state index contributed by atoms with van der Waals surface area (Å²) in [4.78, 5) is 0. The minimum Gasteiger partial charge on any atom is -0.0917 e. The van der Waals surface area contributed by atoms with Gasteiger partial charge in [0.2, 0.25) is 0 Å². The molecule has 0 aliphatic heterocycles. The highest BCUT2D eigenvalue weighted by Crippen LogP contribution is 2.56. The van der Waals surface area contributed by atoms with Crippen LogP contribution in [-0.2, 0) is 0 Å². The Morgan fingerprint density at radius 3 is 2.53 bits per heavy atom. The first-order chi connectivity index (χ1) is 7.24. The lowest BCUT2D eigenvalue weighted by Crippen LogP contribution is -2.24. The maximum Gasteiger partial charge on any atom is -0.0351 e. The molecule has 2 saturated carbocycles. The van der Waals surface area contributed by atoms with Crippen molar-refractivity contribution in [2.24, 2.45) is 29.6 Å². The minimum atomic E-state index is 1.01. The lowest BCUT2D eigenvalue weighted by molar-refractivity contribution is 0.180. The van der Waals surface area contributed by atoms with Crippen LogP contribution in [0.2, 0.25) is 0 Å². The van der Waals surface area contributed by atoms with Gasteiger partial charge in [-0.05, 0) is 68.6 Å². The molecule has 0 heterocycles. The van der Waals surface area contributed by atoms with E-state index >= 15 is 0 Å². The monoisotopic (exact) mass is 206 g/mol. The molecule has 0 aromatic carbocycles. The van der Waals surface area contributed by atoms with E-state index < -0.39 is 0 Å². The molecule has 0 spiro atoms. The smallest absolute Gasteiger partial charge is 0.0351 e. The van der Waals surface area contributed by atoms with Crippen LogP contribution in [0.4, 0.5) is 0 Å². The van der Waals surface area contributed by atoms with Gasteiger partial charge in [-0.25, -0.2) is 0 Å². The Kier molecular flexibility index (Phi) is 3.53. The van der Waals surface area contributed by atoms with Crippen LogP contribution >= 0.6 is 0 Å². The van der Waals surface area contributed by atoms with Gasteiger partial charge in [-0.1, -0.05) is 26.0 Å². The molecule has 2 rings (SSSR count). The third-order valence-corrected chi connectivity index (χ3v) is 5.22. The summed E-state index contributed by atoms with van der Waals surface area (Å²) in [6.07, 6.45) is 11.8. The third kappa shape index (κ3) is 2.14. The van der Waals surface area contributed by atoms with Crippen molar-refractivity contribution < 1.29 is 0 Å². The van der Waals surface area contributed by atoms with Crippen molar-refractivity contribution in [2.75, 3.05) is 0 Å². The van der Waals surface area contributed by atoms with Crippen molar-refractivity contribution in [3.05, 3.63) is 12.2 Å². The molecule has 2 aliphatic rings. The molecule has 0 nitrogen and oxygen atoms in total. The van der Waals surface area contributed by atoms with Gasteiger partial charge in [0.15, 0.2) is 0 Å². The number of fused-ring (bicyclic) bond motifs is 2. The lowest BCUT2D eigenvalue weighted by atomic mass is 9.74. The second kappa shape index (κ2) is 4.72. The molecule has 0 heteroatoms.